The predicted octanol–water partition coefficient (Wildman–Crippen LogP) is 3.11. The van der Waals surface area contributed by atoms with Crippen molar-refractivity contribution in [1.29, 1.82) is 0 Å². The number of para-hydroxylation sites is 1. The number of hydrogen-bond acceptors (Lipinski definition) is 3. The minimum Gasteiger partial charge on any atom is -0.361 e. The van der Waals surface area contributed by atoms with Crippen molar-refractivity contribution in [2.24, 2.45) is 0 Å². The number of H-pyrrole nitrogens is 1. The van der Waals surface area contributed by atoms with Gasteiger partial charge >= 0.3 is 4.87 Å². The molecule has 0 unspecified atom stereocenters. The number of nitrogens with zero attached hydrogens (tertiary/aromatic N) is 2. The van der Waals surface area contributed by atoms with E-state index in [0.29, 0.717) is 5.92 Å². The summed E-state index contributed by atoms with van der Waals surface area (Å²) in [6.45, 7) is 3.53. The molecule has 1 saturated heterocycles. The van der Waals surface area contributed by atoms with Crippen LogP contribution in [-0.2, 0) is 11.3 Å². The smallest absolute Gasteiger partial charge is 0.307 e. The third-order valence-electron chi connectivity index (χ3n) is 5.18. The number of piperidine rings is 1. The highest BCUT2D eigenvalue weighted by atomic mass is 32.1. The van der Waals surface area contributed by atoms with Crippen LogP contribution in [0.1, 0.15) is 30.0 Å². The Balaban J connectivity index is 1.43. The van der Waals surface area contributed by atoms with Crippen molar-refractivity contribution in [2.45, 2.75) is 32.2 Å². The number of fused-ring (bicyclic) bond motifs is 1. The van der Waals surface area contributed by atoms with Gasteiger partial charge in [-0.2, -0.15) is 0 Å². The van der Waals surface area contributed by atoms with Gasteiger partial charge in [0.25, 0.3) is 0 Å². The predicted molar refractivity (Wildman–Crippen MR) is 100 cm³/mol. The maximum Gasteiger partial charge on any atom is 0.307 e. The number of aromatic nitrogens is 2. The van der Waals surface area contributed by atoms with Crippen LogP contribution in [-0.4, -0.2) is 33.4 Å². The fourth-order valence-electron chi connectivity index (χ4n) is 3.70. The first-order valence-corrected chi connectivity index (χ1v) is 9.50. The number of carbonyl (C=O) groups is 1. The number of benzene rings is 1. The summed E-state index contributed by atoms with van der Waals surface area (Å²) in [6.07, 6.45) is 4.04. The zero-order valence-electron chi connectivity index (χ0n) is 14.2. The first-order chi connectivity index (χ1) is 12.1. The average Bonchev–Trinajstić information content (AvgIpc) is 3.20. The summed E-state index contributed by atoms with van der Waals surface area (Å²) in [6, 6.07) is 8.36. The summed E-state index contributed by atoms with van der Waals surface area (Å²) in [5.41, 5.74) is 3.38. The first-order valence-electron chi connectivity index (χ1n) is 8.62. The number of nitrogens with one attached hydrogen (secondary N) is 1. The van der Waals surface area contributed by atoms with Crippen molar-refractivity contribution in [3.05, 3.63) is 56.8 Å². The minimum atomic E-state index is -0.0560. The fraction of sp³-hybridized carbons (Fsp3) is 0.368. The third-order valence-corrected chi connectivity index (χ3v) is 6.06. The molecule has 1 fully saturated rings. The Morgan fingerprint density at radius 2 is 2.04 bits per heavy atom. The van der Waals surface area contributed by atoms with Crippen LogP contribution in [0.15, 0.2) is 40.6 Å². The summed E-state index contributed by atoms with van der Waals surface area (Å²) in [5, 5.41) is 3.09. The molecule has 0 radical (unpaired) electrons. The number of rotatable bonds is 3. The van der Waals surface area contributed by atoms with E-state index in [0.717, 1.165) is 43.0 Å². The van der Waals surface area contributed by atoms with Gasteiger partial charge in [-0.15, -0.1) is 0 Å². The van der Waals surface area contributed by atoms with Gasteiger partial charge in [-0.3, -0.25) is 14.2 Å². The van der Waals surface area contributed by atoms with Crippen LogP contribution in [0.2, 0.25) is 0 Å². The van der Waals surface area contributed by atoms with E-state index in [1.807, 2.05) is 17.9 Å². The fourth-order valence-corrected chi connectivity index (χ4v) is 4.44. The van der Waals surface area contributed by atoms with E-state index in [2.05, 4.69) is 29.4 Å². The average molecular weight is 355 g/mol. The van der Waals surface area contributed by atoms with Gasteiger partial charge in [-0.05, 0) is 37.3 Å². The number of hydrogen-bond donors (Lipinski definition) is 1. The molecule has 3 aromatic rings. The number of aryl methyl sites for hydroxylation is 1. The monoisotopic (exact) mass is 355 g/mol. The highest BCUT2D eigenvalue weighted by molar-refractivity contribution is 7.07. The molecule has 6 heteroatoms. The lowest BCUT2D eigenvalue weighted by Crippen LogP contribution is -2.40. The maximum absolute atomic E-state index is 12.5. The van der Waals surface area contributed by atoms with Crippen LogP contribution in [0.3, 0.4) is 0 Å². The summed E-state index contributed by atoms with van der Waals surface area (Å²) in [5.74, 6) is 0.520. The van der Waals surface area contributed by atoms with Gasteiger partial charge in [0.1, 0.15) is 6.54 Å². The van der Waals surface area contributed by atoms with Crippen molar-refractivity contribution < 1.29 is 4.79 Å². The van der Waals surface area contributed by atoms with Crippen LogP contribution in [0, 0.1) is 6.92 Å². The number of aromatic amines is 1. The molecule has 3 heterocycles. The van der Waals surface area contributed by atoms with E-state index in [-0.39, 0.29) is 17.3 Å². The summed E-state index contributed by atoms with van der Waals surface area (Å²) < 4.78 is 1.57. The molecule has 2 aromatic heterocycles. The highest BCUT2D eigenvalue weighted by Crippen LogP contribution is 2.33. The van der Waals surface area contributed by atoms with Crippen LogP contribution in [0.4, 0.5) is 0 Å². The molecule has 0 atom stereocenters. The van der Waals surface area contributed by atoms with Crippen molar-refractivity contribution in [2.75, 3.05) is 13.1 Å². The van der Waals surface area contributed by atoms with Gasteiger partial charge in [0, 0.05) is 41.3 Å². The molecule has 0 aliphatic carbocycles. The molecule has 1 aliphatic heterocycles. The lowest BCUT2D eigenvalue weighted by Gasteiger charge is -2.32. The van der Waals surface area contributed by atoms with Gasteiger partial charge in [0.15, 0.2) is 0 Å². The van der Waals surface area contributed by atoms with Crippen molar-refractivity contribution >= 4 is 28.1 Å². The van der Waals surface area contributed by atoms with Crippen LogP contribution in [0.25, 0.3) is 10.9 Å². The molecule has 1 N–H and O–H groups in total. The Labute approximate surface area is 149 Å². The van der Waals surface area contributed by atoms with Gasteiger partial charge in [-0.25, -0.2) is 0 Å². The van der Waals surface area contributed by atoms with E-state index < -0.39 is 0 Å². The maximum atomic E-state index is 12.5. The Hall–Kier alpha value is -2.34. The van der Waals surface area contributed by atoms with Gasteiger partial charge < -0.3 is 9.88 Å². The number of thiazole rings is 1. The third kappa shape index (κ3) is 3.02. The van der Waals surface area contributed by atoms with Crippen molar-refractivity contribution in [1.82, 2.24) is 14.5 Å². The number of amides is 1. The van der Waals surface area contributed by atoms with E-state index in [1.165, 1.54) is 16.5 Å². The minimum absolute atomic E-state index is 0.0426. The topological polar surface area (TPSA) is 58.1 Å². The molecule has 0 saturated carbocycles. The summed E-state index contributed by atoms with van der Waals surface area (Å²) in [7, 11) is 0. The summed E-state index contributed by atoms with van der Waals surface area (Å²) >= 11 is 1.15. The molecule has 25 heavy (non-hydrogen) atoms. The number of likely N-dealkylation sites (tertiary alicyclic amines) is 1. The van der Waals surface area contributed by atoms with E-state index in [4.69, 9.17) is 0 Å². The largest absolute Gasteiger partial charge is 0.361 e. The molecule has 1 aliphatic rings. The highest BCUT2D eigenvalue weighted by Gasteiger charge is 2.25. The Bertz CT molecular complexity index is 960. The van der Waals surface area contributed by atoms with E-state index >= 15 is 0 Å². The quantitative estimate of drug-likeness (QED) is 0.785. The molecule has 5 nitrogen and oxygen atoms in total. The normalized spacial score (nSPS) is 15.8. The second-order valence-corrected chi connectivity index (χ2v) is 7.49. The van der Waals surface area contributed by atoms with Crippen LogP contribution >= 0.6 is 11.3 Å². The molecule has 130 valence electrons. The second kappa shape index (κ2) is 6.52. The molecule has 0 spiro atoms. The standard InChI is InChI=1S/C19H21N3O2S/c1-13-12-25-19(24)22(13)11-18(23)21-8-6-14(7-9-21)16-10-20-17-5-3-2-4-15(16)17/h2-5,10,12,14,20H,6-9,11H2,1H3. The number of carbonyl (C=O) groups excluding carboxylic acids is 1. The molecule has 4 rings (SSSR count). The SMILES string of the molecule is Cc1csc(=O)n1CC(=O)N1CCC(c2c[nH]c3ccccc23)CC1. The van der Waals surface area contributed by atoms with Gasteiger partial charge in [0.2, 0.25) is 5.91 Å². The zero-order valence-corrected chi connectivity index (χ0v) is 15.0. The van der Waals surface area contributed by atoms with Crippen LogP contribution in [0.5, 0.6) is 0 Å². The van der Waals surface area contributed by atoms with E-state index in [9.17, 15) is 9.59 Å². The molecule has 1 amide bonds. The van der Waals surface area contributed by atoms with Crippen molar-refractivity contribution in [3.63, 3.8) is 0 Å². The van der Waals surface area contributed by atoms with Gasteiger partial charge in [-0.1, -0.05) is 29.5 Å². The van der Waals surface area contributed by atoms with E-state index in [1.54, 1.807) is 9.95 Å². The van der Waals surface area contributed by atoms with Crippen molar-refractivity contribution in [3.8, 4) is 0 Å². The Morgan fingerprint density at radius 3 is 2.76 bits per heavy atom. The molecular formula is C19H21N3O2S. The first kappa shape index (κ1) is 16.1. The van der Waals surface area contributed by atoms with Crippen LogP contribution < -0.4 is 4.87 Å². The second-order valence-electron chi connectivity index (χ2n) is 6.67. The Kier molecular flexibility index (Phi) is 4.21. The molecular weight excluding hydrogens is 334 g/mol. The summed E-state index contributed by atoms with van der Waals surface area (Å²) in [4.78, 5) is 29.5. The van der Waals surface area contributed by atoms with Gasteiger partial charge in [0.05, 0.1) is 0 Å². The lowest BCUT2D eigenvalue weighted by atomic mass is 9.89. The zero-order chi connectivity index (χ0) is 17.4. The lowest BCUT2D eigenvalue weighted by molar-refractivity contribution is -0.132. The molecule has 0 bridgehead atoms. The molecule has 1 aromatic carbocycles. The Morgan fingerprint density at radius 1 is 1.28 bits per heavy atom.